The average Bonchev–Trinajstić information content (AvgIpc) is 2.46. The van der Waals surface area contributed by atoms with Gasteiger partial charge < -0.3 is 10.2 Å². The fourth-order valence-corrected chi connectivity index (χ4v) is 3.27. The molecule has 2 rings (SSSR count). The number of nitrogens with one attached hydrogen (secondary N) is 1. The molecule has 0 saturated heterocycles. The molecule has 0 unspecified atom stereocenters. The molecule has 5 nitrogen and oxygen atoms in total. The molecule has 0 radical (unpaired) electrons. The van der Waals surface area contributed by atoms with Crippen LogP contribution in [0.1, 0.15) is 11.6 Å². The Morgan fingerprint density at radius 2 is 1.62 bits per heavy atom. The fourth-order valence-electron chi connectivity index (χ4n) is 1.79. The van der Waals surface area contributed by atoms with E-state index in [9.17, 15) is 18.6 Å². The van der Waals surface area contributed by atoms with Crippen molar-refractivity contribution in [1.82, 2.24) is 4.72 Å². The van der Waals surface area contributed by atoms with Crippen molar-refractivity contribution in [3.63, 3.8) is 0 Å². The SMILES string of the molecule is O=S(=O)(N[C@@H](CO)c1ccc(O)cc1)c1ccc(Br)cc1. The third-order valence-electron chi connectivity index (χ3n) is 2.90. The molecule has 0 aliphatic carbocycles. The van der Waals surface area contributed by atoms with E-state index in [4.69, 9.17) is 0 Å². The van der Waals surface area contributed by atoms with Gasteiger partial charge in [-0.05, 0) is 42.0 Å². The molecule has 0 heterocycles. The number of aliphatic hydroxyl groups excluding tert-OH is 1. The van der Waals surface area contributed by atoms with E-state index in [0.29, 0.717) is 5.56 Å². The minimum absolute atomic E-state index is 0.0752. The smallest absolute Gasteiger partial charge is 0.241 e. The molecule has 0 bridgehead atoms. The number of hydrogen-bond donors (Lipinski definition) is 3. The molecule has 2 aromatic carbocycles. The summed E-state index contributed by atoms with van der Waals surface area (Å²) in [6.45, 7) is -0.388. The maximum atomic E-state index is 12.3. The van der Waals surface area contributed by atoms with Crippen LogP contribution in [0.4, 0.5) is 0 Å². The molecule has 0 saturated carbocycles. The van der Waals surface area contributed by atoms with Crippen LogP contribution in [0.2, 0.25) is 0 Å². The molecule has 21 heavy (non-hydrogen) atoms. The molecule has 112 valence electrons. The fraction of sp³-hybridized carbons (Fsp3) is 0.143. The van der Waals surface area contributed by atoms with Crippen LogP contribution in [-0.4, -0.2) is 25.2 Å². The summed E-state index contributed by atoms with van der Waals surface area (Å²) in [6.07, 6.45) is 0. The van der Waals surface area contributed by atoms with E-state index in [0.717, 1.165) is 4.47 Å². The number of aromatic hydroxyl groups is 1. The summed E-state index contributed by atoms with van der Waals surface area (Å²) in [6, 6.07) is 11.4. The van der Waals surface area contributed by atoms with Crippen LogP contribution in [0, 0.1) is 0 Å². The van der Waals surface area contributed by atoms with E-state index in [2.05, 4.69) is 20.7 Å². The van der Waals surface area contributed by atoms with Crippen LogP contribution in [0.25, 0.3) is 0 Å². The highest BCUT2D eigenvalue weighted by Crippen LogP contribution is 2.20. The van der Waals surface area contributed by atoms with Crippen molar-refractivity contribution in [2.75, 3.05) is 6.61 Å². The molecular formula is C14H14BrNO4S. The minimum Gasteiger partial charge on any atom is -0.508 e. The normalized spacial score (nSPS) is 13.0. The monoisotopic (exact) mass is 371 g/mol. The Hall–Kier alpha value is -1.41. The highest BCUT2D eigenvalue weighted by molar-refractivity contribution is 9.10. The third-order valence-corrected chi connectivity index (χ3v) is 4.92. The van der Waals surface area contributed by atoms with Gasteiger partial charge in [0.05, 0.1) is 17.5 Å². The van der Waals surface area contributed by atoms with Crippen molar-refractivity contribution in [2.24, 2.45) is 0 Å². The molecule has 7 heteroatoms. The van der Waals surface area contributed by atoms with Crippen molar-refractivity contribution in [1.29, 1.82) is 0 Å². The van der Waals surface area contributed by atoms with Gasteiger partial charge in [0.15, 0.2) is 0 Å². The first-order chi connectivity index (χ1) is 9.92. The molecule has 0 spiro atoms. The first kappa shape index (κ1) is 16.0. The summed E-state index contributed by atoms with van der Waals surface area (Å²) in [5.74, 6) is 0.0752. The van der Waals surface area contributed by atoms with E-state index in [1.54, 1.807) is 24.3 Å². The first-order valence-electron chi connectivity index (χ1n) is 6.10. The van der Waals surface area contributed by atoms with Gasteiger partial charge in [-0.2, -0.15) is 0 Å². The van der Waals surface area contributed by atoms with Crippen molar-refractivity contribution in [3.8, 4) is 5.75 Å². The second-order valence-corrected chi connectivity index (χ2v) is 7.03. The lowest BCUT2D eigenvalue weighted by Gasteiger charge is -2.17. The second-order valence-electron chi connectivity index (χ2n) is 4.40. The third kappa shape index (κ3) is 4.04. The number of benzene rings is 2. The lowest BCUT2D eigenvalue weighted by atomic mass is 10.1. The molecule has 0 aromatic heterocycles. The summed E-state index contributed by atoms with van der Waals surface area (Å²) < 4.78 is 27.7. The number of phenols is 1. The van der Waals surface area contributed by atoms with E-state index < -0.39 is 16.1 Å². The lowest BCUT2D eigenvalue weighted by molar-refractivity contribution is 0.259. The Balaban J connectivity index is 2.24. The van der Waals surface area contributed by atoms with E-state index in [1.165, 1.54) is 24.3 Å². The number of aliphatic hydroxyl groups is 1. The van der Waals surface area contributed by atoms with Crippen molar-refractivity contribution in [2.45, 2.75) is 10.9 Å². The molecular weight excluding hydrogens is 358 g/mol. The zero-order chi connectivity index (χ0) is 15.5. The number of hydrogen-bond acceptors (Lipinski definition) is 4. The van der Waals surface area contributed by atoms with Gasteiger partial charge in [-0.1, -0.05) is 28.1 Å². The van der Waals surface area contributed by atoms with Crippen molar-refractivity contribution >= 4 is 26.0 Å². The molecule has 0 amide bonds. The molecule has 3 N–H and O–H groups in total. The number of sulfonamides is 1. The predicted molar refractivity (Wildman–Crippen MR) is 82.4 cm³/mol. The van der Waals surface area contributed by atoms with Gasteiger partial charge in [0, 0.05) is 4.47 Å². The van der Waals surface area contributed by atoms with Gasteiger partial charge in [0.2, 0.25) is 10.0 Å². The maximum Gasteiger partial charge on any atom is 0.241 e. The van der Waals surface area contributed by atoms with E-state index >= 15 is 0 Å². The van der Waals surface area contributed by atoms with Crippen LogP contribution in [0.15, 0.2) is 57.9 Å². The number of phenolic OH excluding ortho intramolecular Hbond substituents is 1. The Bertz CT molecular complexity index is 699. The zero-order valence-corrected chi connectivity index (χ0v) is 13.3. The van der Waals surface area contributed by atoms with Gasteiger partial charge in [-0.25, -0.2) is 13.1 Å². The van der Waals surface area contributed by atoms with Gasteiger partial charge in [-0.15, -0.1) is 0 Å². The largest absolute Gasteiger partial charge is 0.508 e. The average molecular weight is 372 g/mol. The molecule has 1 atom stereocenters. The minimum atomic E-state index is -3.74. The molecule has 0 aliphatic heterocycles. The van der Waals surface area contributed by atoms with Crippen LogP contribution in [-0.2, 0) is 10.0 Å². The summed E-state index contributed by atoms with van der Waals surface area (Å²) in [4.78, 5) is 0.114. The summed E-state index contributed by atoms with van der Waals surface area (Å²) >= 11 is 3.24. The van der Waals surface area contributed by atoms with Gasteiger partial charge >= 0.3 is 0 Å². The van der Waals surface area contributed by atoms with Crippen LogP contribution >= 0.6 is 15.9 Å². The van der Waals surface area contributed by atoms with E-state index in [-0.39, 0.29) is 17.3 Å². The summed E-state index contributed by atoms with van der Waals surface area (Å²) in [5, 5.41) is 18.6. The highest BCUT2D eigenvalue weighted by atomic mass is 79.9. The quantitative estimate of drug-likeness (QED) is 0.751. The van der Waals surface area contributed by atoms with Crippen molar-refractivity contribution in [3.05, 3.63) is 58.6 Å². The summed E-state index contributed by atoms with van der Waals surface area (Å²) in [5.41, 5.74) is 0.566. The molecule has 0 fully saturated rings. The van der Waals surface area contributed by atoms with Crippen LogP contribution in [0.3, 0.4) is 0 Å². The van der Waals surface area contributed by atoms with Gasteiger partial charge in [0.1, 0.15) is 5.75 Å². The topological polar surface area (TPSA) is 86.6 Å². The van der Waals surface area contributed by atoms with Gasteiger partial charge in [0.25, 0.3) is 0 Å². The lowest BCUT2D eigenvalue weighted by Crippen LogP contribution is -2.30. The standard InChI is InChI=1S/C14H14BrNO4S/c15-11-3-7-13(8-4-11)21(19,20)16-14(9-17)10-1-5-12(18)6-2-10/h1-8,14,16-18H,9H2/t14-/m0/s1. The molecule has 0 aliphatic rings. The number of halogens is 1. The Labute approximate surface area is 131 Å². The van der Waals surface area contributed by atoms with Crippen molar-refractivity contribution < 1.29 is 18.6 Å². The Morgan fingerprint density at radius 3 is 2.14 bits per heavy atom. The predicted octanol–water partition coefficient (Wildman–Crippen LogP) is 2.17. The zero-order valence-electron chi connectivity index (χ0n) is 10.9. The highest BCUT2D eigenvalue weighted by Gasteiger charge is 2.20. The molecule has 2 aromatic rings. The Morgan fingerprint density at radius 1 is 1.05 bits per heavy atom. The number of rotatable bonds is 5. The van der Waals surface area contributed by atoms with Gasteiger partial charge in [-0.3, -0.25) is 0 Å². The first-order valence-corrected chi connectivity index (χ1v) is 8.37. The second kappa shape index (κ2) is 6.57. The summed E-state index contributed by atoms with van der Waals surface area (Å²) in [7, 11) is -3.74. The van der Waals surface area contributed by atoms with E-state index in [1.807, 2.05) is 0 Å². The van der Waals surface area contributed by atoms with Crippen LogP contribution < -0.4 is 4.72 Å². The maximum absolute atomic E-state index is 12.3. The van der Waals surface area contributed by atoms with Crippen LogP contribution in [0.5, 0.6) is 5.75 Å². The Kier molecular flexibility index (Phi) is 5.00.